The van der Waals surface area contributed by atoms with Crippen molar-refractivity contribution in [2.75, 3.05) is 6.54 Å². The van der Waals surface area contributed by atoms with Crippen LogP contribution in [0.2, 0.25) is 0 Å². The SMILES string of the molecule is CC1CC(C)C(C)N(C2CCC(C#N)(NC(C)C)C2)C1. The molecule has 0 spiro atoms. The molecule has 5 unspecified atom stereocenters. The van der Waals surface area contributed by atoms with Crippen LogP contribution in [0.4, 0.5) is 0 Å². The molecule has 2 aliphatic rings. The summed E-state index contributed by atoms with van der Waals surface area (Å²) in [5.41, 5.74) is -0.289. The number of rotatable bonds is 3. The molecule has 0 aromatic rings. The third-order valence-electron chi connectivity index (χ3n) is 5.38. The average molecular weight is 277 g/mol. The number of nitrogens with one attached hydrogen (secondary N) is 1. The van der Waals surface area contributed by atoms with Crippen LogP contribution in [-0.4, -0.2) is 35.1 Å². The first-order chi connectivity index (χ1) is 9.37. The maximum Gasteiger partial charge on any atom is 0.108 e. The summed E-state index contributed by atoms with van der Waals surface area (Å²) in [5.74, 6) is 1.56. The van der Waals surface area contributed by atoms with E-state index >= 15 is 0 Å². The molecule has 0 bridgehead atoms. The molecule has 2 fully saturated rings. The molecule has 1 aliphatic carbocycles. The van der Waals surface area contributed by atoms with Gasteiger partial charge < -0.3 is 0 Å². The van der Waals surface area contributed by atoms with Crippen molar-refractivity contribution in [2.45, 2.75) is 84.0 Å². The number of hydrogen-bond donors (Lipinski definition) is 1. The van der Waals surface area contributed by atoms with Crippen LogP contribution >= 0.6 is 0 Å². The molecule has 114 valence electrons. The molecule has 2 rings (SSSR count). The first-order valence-electron chi connectivity index (χ1n) is 8.31. The van der Waals surface area contributed by atoms with Gasteiger partial charge in [-0.3, -0.25) is 10.2 Å². The molecule has 0 aromatic heterocycles. The van der Waals surface area contributed by atoms with Crippen molar-refractivity contribution in [3.05, 3.63) is 0 Å². The van der Waals surface area contributed by atoms with Gasteiger partial charge in [0.25, 0.3) is 0 Å². The molecule has 3 nitrogen and oxygen atoms in total. The second-order valence-corrected chi connectivity index (χ2v) is 7.65. The fourth-order valence-corrected chi connectivity index (χ4v) is 4.36. The Kier molecular flexibility index (Phi) is 4.76. The van der Waals surface area contributed by atoms with Crippen molar-refractivity contribution in [2.24, 2.45) is 11.8 Å². The molecule has 3 heteroatoms. The van der Waals surface area contributed by atoms with Crippen LogP contribution < -0.4 is 5.32 Å². The Morgan fingerprint density at radius 2 is 2.00 bits per heavy atom. The maximum absolute atomic E-state index is 9.62. The smallest absolute Gasteiger partial charge is 0.108 e. The van der Waals surface area contributed by atoms with Crippen molar-refractivity contribution in [1.82, 2.24) is 10.2 Å². The summed E-state index contributed by atoms with van der Waals surface area (Å²) in [7, 11) is 0. The van der Waals surface area contributed by atoms with Gasteiger partial charge in [-0.25, -0.2) is 0 Å². The van der Waals surface area contributed by atoms with E-state index in [9.17, 15) is 5.26 Å². The number of nitrogens with zero attached hydrogens (tertiary/aromatic N) is 2. The van der Waals surface area contributed by atoms with E-state index in [1.165, 1.54) is 13.0 Å². The summed E-state index contributed by atoms with van der Waals surface area (Å²) in [4.78, 5) is 2.69. The minimum Gasteiger partial charge on any atom is -0.297 e. The zero-order valence-electron chi connectivity index (χ0n) is 13.8. The quantitative estimate of drug-likeness (QED) is 0.861. The Balaban J connectivity index is 2.06. The standard InChI is InChI=1S/C17H31N3/c1-12(2)19-17(11-18)7-6-16(9-17)20-10-13(3)8-14(4)15(20)5/h12-16,19H,6-10H2,1-5H3. The van der Waals surface area contributed by atoms with Gasteiger partial charge in [-0.2, -0.15) is 5.26 Å². The van der Waals surface area contributed by atoms with Gasteiger partial charge in [-0.05, 0) is 58.3 Å². The molecule has 1 saturated carbocycles. The second-order valence-electron chi connectivity index (χ2n) is 7.65. The van der Waals surface area contributed by atoms with Gasteiger partial charge in [-0.15, -0.1) is 0 Å². The first kappa shape index (κ1) is 15.8. The normalized spacial score (nSPS) is 42.9. The lowest BCUT2D eigenvalue weighted by molar-refractivity contribution is 0.0404. The minimum absolute atomic E-state index is 0.289. The fraction of sp³-hybridized carbons (Fsp3) is 0.941. The lowest BCUT2D eigenvalue weighted by Gasteiger charge is -2.44. The van der Waals surface area contributed by atoms with Gasteiger partial charge in [0.1, 0.15) is 5.54 Å². The van der Waals surface area contributed by atoms with E-state index in [0.717, 1.165) is 31.1 Å². The average Bonchev–Trinajstić information content (AvgIpc) is 2.77. The highest BCUT2D eigenvalue weighted by atomic mass is 15.2. The third kappa shape index (κ3) is 3.18. The lowest BCUT2D eigenvalue weighted by Crippen LogP contribution is -2.52. The highest BCUT2D eigenvalue weighted by molar-refractivity contribution is 5.14. The second kappa shape index (κ2) is 6.03. The summed E-state index contributed by atoms with van der Waals surface area (Å²) in [6.45, 7) is 12.6. The Hall–Kier alpha value is -0.590. The first-order valence-corrected chi connectivity index (χ1v) is 8.31. The molecular formula is C17H31N3. The van der Waals surface area contributed by atoms with Crippen molar-refractivity contribution in [1.29, 1.82) is 5.26 Å². The van der Waals surface area contributed by atoms with Crippen LogP contribution in [0.3, 0.4) is 0 Å². The summed E-state index contributed by atoms with van der Waals surface area (Å²) >= 11 is 0. The zero-order valence-corrected chi connectivity index (χ0v) is 13.8. The highest BCUT2D eigenvalue weighted by Crippen LogP contribution is 2.38. The van der Waals surface area contributed by atoms with Gasteiger partial charge >= 0.3 is 0 Å². The summed E-state index contributed by atoms with van der Waals surface area (Å²) in [6, 6.07) is 4.20. The Morgan fingerprint density at radius 3 is 2.60 bits per heavy atom. The molecule has 1 aliphatic heterocycles. The van der Waals surface area contributed by atoms with Crippen molar-refractivity contribution in [3.63, 3.8) is 0 Å². The van der Waals surface area contributed by atoms with E-state index in [2.05, 4.69) is 50.9 Å². The Bertz CT molecular complexity index is 373. The van der Waals surface area contributed by atoms with Gasteiger partial charge in [0.15, 0.2) is 0 Å². The molecule has 0 aromatic carbocycles. The monoisotopic (exact) mass is 277 g/mol. The minimum atomic E-state index is -0.289. The van der Waals surface area contributed by atoms with Crippen LogP contribution in [0.25, 0.3) is 0 Å². The van der Waals surface area contributed by atoms with E-state index in [0.29, 0.717) is 18.1 Å². The van der Waals surface area contributed by atoms with E-state index < -0.39 is 0 Å². The van der Waals surface area contributed by atoms with E-state index in [1.807, 2.05) is 0 Å². The largest absolute Gasteiger partial charge is 0.297 e. The molecule has 0 radical (unpaired) electrons. The van der Waals surface area contributed by atoms with E-state index in [4.69, 9.17) is 0 Å². The number of hydrogen-bond acceptors (Lipinski definition) is 3. The zero-order chi connectivity index (χ0) is 14.9. The van der Waals surface area contributed by atoms with Crippen LogP contribution in [-0.2, 0) is 0 Å². The predicted molar refractivity (Wildman–Crippen MR) is 83.4 cm³/mol. The van der Waals surface area contributed by atoms with Crippen LogP contribution in [0.1, 0.15) is 60.3 Å². The lowest BCUT2D eigenvalue weighted by atomic mass is 9.84. The van der Waals surface area contributed by atoms with Crippen molar-refractivity contribution >= 4 is 0 Å². The molecule has 20 heavy (non-hydrogen) atoms. The van der Waals surface area contributed by atoms with E-state index in [-0.39, 0.29) is 5.54 Å². The molecular weight excluding hydrogens is 246 g/mol. The highest BCUT2D eigenvalue weighted by Gasteiger charge is 2.44. The maximum atomic E-state index is 9.62. The van der Waals surface area contributed by atoms with Gasteiger partial charge in [0.2, 0.25) is 0 Å². The number of piperidine rings is 1. The summed E-state index contributed by atoms with van der Waals surface area (Å²) in [6.07, 6.45) is 4.50. The molecule has 1 N–H and O–H groups in total. The Morgan fingerprint density at radius 1 is 1.30 bits per heavy atom. The van der Waals surface area contributed by atoms with Crippen LogP contribution in [0.5, 0.6) is 0 Å². The summed E-state index contributed by atoms with van der Waals surface area (Å²) in [5, 5.41) is 13.1. The molecule has 0 amide bonds. The fourth-order valence-electron chi connectivity index (χ4n) is 4.36. The molecule has 5 atom stereocenters. The van der Waals surface area contributed by atoms with Crippen molar-refractivity contribution in [3.8, 4) is 6.07 Å². The van der Waals surface area contributed by atoms with Gasteiger partial charge in [0.05, 0.1) is 6.07 Å². The third-order valence-corrected chi connectivity index (χ3v) is 5.38. The molecule has 1 saturated heterocycles. The van der Waals surface area contributed by atoms with Crippen LogP contribution in [0, 0.1) is 23.2 Å². The molecule has 1 heterocycles. The van der Waals surface area contributed by atoms with Crippen molar-refractivity contribution < 1.29 is 0 Å². The predicted octanol–water partition coefficient (Wildman–Crippen LogP) is 3.17. The number of likely N-dealkylation sites (tertiary alicyclic amines) is 1. The number of nitriles is 1. The van der Waals surface area contributed by atoms with Crippen LogP contribution in [0.15, 0.2) is 0 Å². The topological polar surface area (TPSA) is 39.1 Å². The summed E-state index contributed by atoms with van der Waals surface area (Å²) < 4.78 is 0. The van der Waals surface area contributed by atoms with E-state index in [1.54, 1.807) is 0 Å². The van der Waals surface area contributed by atoms with Gasteiger partial charge in [0, 0.05) is 24.7 Å². The Labute approximate surface area is 124 Å². The van der Waals surface area contributed by atoms with Gasteiger partial charge in [-0.1, -0.05) is 13.8 Å².